The van der Waals surface area contributed by atoms with Gasteiger partial charge in [0.05, 0.1) is 11.2 Å². The average Bonchev–Trinajstić information content (AvgIpc) is 3.07. The monoisotopic (exact) mass is 194 g/mol. The fourth-order valence-electron chi connectivity index (χ4n) is 1.97. The van der Waals surface area contributed by atoms with E-state index in [9.17, 15) is 0 Å². The van der Waals surface area contributed by atoms with Crippen molar-refractivity contribution < 1.29 is 0 Å². The van der Waals surface area contributed by atoms with E-state index >= 15 is 0 Å². The molecule has 0 atom stereocenters. The van der Waals surface area contributed by atoms with Crippen LogP contribution in [-0.2, 0) is 5.41 Å². The van der Waals surface area contributed by atoms with Crippen LogP contribution in [0.3, 0.4) is 0 Å². The second kappa shape index (κ2) is 2.55. The van der Waals surface area contributed by atoms with Crippen LogP contribution in [0.5, 0.6) is 0 Å². The molecule has 70 valence electrons. The van der Waals surface area contributed by atoms with Crippen LogP contribution >= 0.6 is 11.3 Å². The summed E-state index contributed by atoms with van der Waals surface area (Å²) in [7, 11) is 0. The topological polar surface area (TPSA) is 38.9 Å². The fraction of sp³-hybridized carbons (Fsp3) is 0.700. The van der Waals surface area contributed by atoms with Crippen LogP contribution in [0.2, 0.25) is 0 Å². The third-order valence-corrected chi connectivity index (χ3v) is 4.37. The van der Waals surface area contributed by atoms with Gasteiger partial charge in [0.25, 0.3) is 0 Å². The van der Waals surface area contributed by atoms with E-state index in [0.717, 1.165) is 12.5 Å². The summed E-state index contributed by atoms with van der Waals surface area (Å²) in [4.78, 5) is 6.01. The van der Waals surface area contributed by atoms with Crippen LogP contribution in [0.4, 0.5) is 0 Å². The molecule has 2 aliphatic carbocycles. The first-order chi connectivity index (χ1) is 6.36. The van der Waals surface area contributed by atoms with E-state index < -0.39 is 0 Å². The van der Waals surface area contributed by atoms with Gasteiger partial charge < -0.3 is 5.73 Å². The molecule has 0 unspecified atom stereocenters. The summed E-state index contributed by atoms with van der Waals surface area (Å²) in [6.45, 7) is 0.814. The van der Waals surface area contributed by atoms with Gasteiger partial charge >= 0.3 is 0 Å². The van der Waals surface area contributed by atoms with Crippen molar-refractivity contribution in [2.75, 3.05) is 6.54 Å². The number of hydrogen-bond donors (Lipinski definition) is 1. The van der Waals surface area contributed by atoms with E-state index in [1.54, 1.807) is 0 Å². The highest BCUT2D eigenvalue weighted by molar-refractivity contribution is 7.10. The largest absolute Gasteiger partial charge is 0.330 e. The summed E-state index contributed by atoms with van der Waals surface area (Å²) in [6.07, 6.45) is 5.26. The Bertz CT molecular complexity index is 323. The quantitative estimate of drug-likeness (QED) is 0.799. The zero-order valence-corrected chi connectivity index (χ0v) is 8.44. The van der Waals surface area contributed by atoms with Gasteiger partial charge in [-0.15, -0.1) is 11.3 Å². The molecule has 1 heterocycles. The highest BCUT2D eigenvalue weighted by Gasteiger charge is 2.47. The molecule has 0 aliphatic heterocycles. The van der Waals surface area contributed by atoms with Crippen molar-refractivity contribution in [1.82, 2.24) is 4.98 Å². The Balaban J connectivity index is 1.98. The molecule has 2 fully saturated rings. The van der Waals surface area contributed by atoms with Crippen LogP contribution in [-0.4, -0.2) is 11.5 Å². The van der Waals surface area contributed by atoms with Crippen LogP contribution in [0.25, 0.3) is 0 Å². The maximum atomic E-state index is 5.83. The lowest BCUT2D eigenvalue weighted by molar-refractivity contribution is 0.705. The molecule has 0 radical (unpaired) electrons. The predicted molar refractivity (Wildman–Crippen MR) is 54.1 cm³/mol. The van der Waals surface area contributed by atoms with Crippen molar-refractivity contribution in [1.29, 1.82) is 0 Å². The third kappa shape index (κ3) is 1.14. The van der Waals surface area contributed by atoms with E-state index in [0.29, 0.717) is 5.41 Å². The minimum absolute atomic E-state index is 0.360. The van der Waals surface area contributed by atoms with Gasteiger partial charge in [0.2, 0.25) is 0 Å². The summed E-state index contributed by atoms with van der Waals surface area (Å²) in [6, 6.07) is 0. The maximum absolute atomic E-state index is 5.83. The van der Waals surface area contributed by atoms with Crippen LogP contribution in [0.15, 0.2) is 5.51 Å². The van der Waals surface area contributed by atoms with E-state index in [-0.39, 0.29) is 0 Å². The molecular formula is C10H14N2S. The molecule has 0 saturated heterocycles. The minimum Gasteiger partial charge on any atom is -0.330 e. The number of hydrogen-bond acceptors (Lipinski definition) is 3. The van der Waals surface area contributed by atoms with Crippen LogP contribution < -0.4 is 5.73 Å². The Kier molecular flexibility index (Phi) is 1.56. The van der Waals surface area contributed by atoms with Crippen molar-refractivity contribution in [3.05, 3.63) is 16.1 Å². The normalized spacial score (nSPS) is 24.7. The van der Waals surface area contributed by atoms with Crippen molar-refractivity contribution in [3.8, 4) is 0 Å². The molecule has 2 saturated carbocycles. The summed E-state index contributed by atoms with van der Waals surface area (Å²) in [5.41, 5.74) is 9.57. The molecule has 3 heteroatoms. The van der Waals surface area contributed by atoms with Gasteiger partial charge in [0, 0.05) is 22.8 Å². The van der Waals surface area contributed by atoms with Crippen molar-refractivity contribution in [3.63, 3.8) is 0 Å². The van der Waals surface area contributed by atoms with Gasteiger partial charge in [-0.05, 0) is 25.7 Å². The molecule has 13 heavy (non-hydrogen) atoms. The summed E-state index contributed by atoms with van der Waals surface area (Å²) in [5.74, 6) is 0.783. The van der Waals surface area contributed by atoms with Gasteiger partial charge in [0.1, 0.15) is 0 Å². The maximum Gasteiger partial charge on any atom is 0.0798 e. The lowest BCUT2D eigenvalue weighted by atomic mass is 10.0. The summed E-state index contributed by atoms with van der Waals surface area (Å²) in [5, 5.41) is 0. The second-order valence-electron chi connectivity index (χ2n) is 4.33. The molecule has 0 bridgehead atoms. The highest BCUT2D eigenvalue weighted by atomic mass is 32.1. The third-order valence-electron chi connectivity index (χ3n) is 3.28. The number of nitrogens with two attached hydrogens (primary N) is 1. The number of rotatable bonds is 3. The number of aromatic nitrogens is 1. The van der Waals surface area contributed by atoms with Gasteiger partial charge in [-0.1, -0.05) is 0 Å². The second-order valence-corrected chi connectivity index (χ2v) is 5.18. The van der Waals surface area contributed by atoms with Gasteiger partial charge in [-0.2, -0.15) is 0 Å². The minimum atomic E-state index is 0.360. The van der Waals surface area contributed by atoms with E-state index in [4.69, 9.17) is 5.73 Å². The Hall–Kier alpha value is -0.410. The molecule has 1 aromatic rings. The molecule has 0 amide bonds. The number of nitrogens with zero attached hydrogens (tertiary/aromatic N) is 1. The summed E-state index contributed by atoms with van der Waals surface area (Å²) >= 11 is 1.82. The van der Waals surface area contributed by atoms with E-state index in [1.165, 1.54) is 36.3 Å². The Morgan fingerprint density at radius 2 is 2.31 bits per heavy atom. The molecule has 3 rings (SSSR count). The van der Waals surface area contributed by atoms with Crippen molar-refractivity contribution >= 4 is 11.3 Å². The Morgan fingerprint density at radius 1 is 1.54 bits per heavy atom. The SMILES string of the molecule is NCC1(c2scnc2C2CC2)CC1. The van der Waals surface area contributed by atoms with Crippen molar-refractivity contribution in [2.24, 2.45) is 5.73 Å². The summed E-state index contributed by atoms with van der Waals surface area (Å²) < 4.78 is 0. The highest BCUT2D eigenvalue weighted by Crippen LogP contribution is 2.54. The smallest absolute Gasteiger partial charge is 0.0798 e. The Labute approximate surface area is 82.2 Å². The number of thiazole rings is 1. The van der Waals surface area contributed by atoms with Crippen LogP contribution in [0, 0.1) is 0 Å². The first-order valence-electron chi connectivity index (χ1n) is 5.00. The van der Waals surface area contributed by atoms with Crippen molar-refractivity contribution in [2.45, 2.75) is 37.0 Å². The molecule has 2 nitrogen and oxygen atoms in total. The standard InChI is InChI=1S/C10H14N2S/c11-5-10(3-4-10)9-8(7-1-2-7)12-6-13-9/h6-7H,1-5,11H2. The molecule has 1 aromatic heterocycles. The van der Waals surface area contributed by atoms with Crippen LogP contribution in [0.1, 0.15) is 42.2 Å². The molecule has 2 aliphatic rings. The van der Waals surface area contributed by atoms with E-state index in [1.807, 2.05) is 16.8 Å². The predicted octanol–water partition coefficient (Wildman–Crippen LogP) is 2.01. The fourth-order valence-corrected chi connectivity index (χ4v) is 3.12. The lowest BCUT2D eigenvalue weighted by Gasteiger charge is -2.11. The average molecular weight is 194 g/mol. The van der Waals surface area contributed by atoms with Gasteiger partial charge in [0.15, 0.2) is 0 Å². The zero-order valence-electron chi connectivity index (χ0n) is 7.62. The zero-order chi connectivity index (χ0) is 8.89. The van der Waals surface area contributed by atoms with Gasteiger partial charge in [-0.3, -0.25) is 0 Å². The molecule has 0 aromatic carbocycles. The first kappa shape index (κ1) is 7.94. The molecule has 0 spiro atoms. The lowest BCUT2D eigenvalue weighted by Crippen LogP contribution is -2.19. The molecule has 2 N–H and O–H groups in total. The molecular weight excluding hydrogens is 180 g/mol. The van der Waals surface area contributed by atoms with Gasteiger partial charge in [-0.25, -0.2) is 4.98 Å². The first-order valence-corrected chi connectivity index (χ1v) is 5.88. The Morgan fingerprint density at radius 3 is 2.85 bits per heavy atom. The van der Waals surface area contributed by atoms with E-state index in [2.05, 4.69) is 4.98 Å².